The number of anilines is 1. The molecule has 24 heavy (non-hydrogen) atoms. The van der Waals surface area contributed by atoms with Gasteiger partial charge in [-0.3, -0.25) is 4.90 Å². The van der Waals surface area contributed by atoms with Crippen LogP contribution in [0.25, 0.3) is 0 Å². The van der Waals surface area contributed by atoms with Gasteiger partial charge in [-0.05, 0) is 29.3 Å². The van der Waals surface area contributed by atoms with Crippen LogP contribution in [0.1, 0.15) is 11.1 Å². The largest absolute Gasteiger partial charge is 0.454 e. The highest BCUT2D eigenvalue weighted by atomic mass is 16.7. The van der Waals surface area contributed by atoms with Crippen molar-refractivity contribution >= 4 is 5.82 Å². The van der Waals surface area contributed by atoms with Crippen molar-refractivity contribution in [3.63, 3.8) is 0 Å². The molecule has 0 bridgehead atoms. The van der Waals surface area contributed by atoms with Gasteiger partial charge in [0.1, 0.15) is 5.82 Å². The molecule has 1 N–H and O–H groups in total. The lowest BCUT2D eigenvalue weighted by atomic mass is 10.1. The first-order valence-electron chi connectivity index (χ1n) is 8.23. The maximum Gasteiger partial charge on any atom is 0.231 e. The van der Waals surface area contributed by atoms with Crippen LogP contribution < -0.4 is 14.4 Å². The normalized spacial score (nSPS) is 17.3. The summed E-state index contributed by atoms with van der Waals surface area (Å²) in [7, 11) is 0. The van der Waals surface area contributed by atoms with Crippen molar-refractivity contribution in [3.05, 3.63) is 47.7 Å². The Kier molecular flexibility index (Phi) is 4.23. The molecule has 0 radical (unpaired) electrons. The topological polar surface area (TPSA) is 58.1 Å². The number of rotatable bonds is 4. The third-order valence-electron chi connectivity index (χ3n) is 4.53. The monoisotopic (exact) mass is 327 g/mol. The lowest BCUT2D eigenvalue weighted by molar-refractivity contribution is 0.174. The van der Waals surface area contributed by atoms with E-state index in [4.69, 9.17) is 14.6 Å². The van der Waals surface area contributed by atoms with E-state index in [0.29, 0.717) is 6.79 Å². The second kappa shape index (κ2) is 6.67. The van der Waals surface area contributed by atoms with Crippen molar-refractivity contribution in [2.75, 3.05) is 37.9 Å². The van der Waals surface area contributed by atoms with E-state index in [1.807, 2.05) is 18.2 Å². The van der Waals surface area contributed by atoms with Gasteiger partial charge in [0.05, 0.1) is 6.61 Å². The zero-order valence-corrected chi connectivity index (χ0v) is 13.5. The van der Waals surface area contributed by atoms with Crippen molar-refractivity contribution in [3.8, 4) is 11.5 Å². The predicted molar refractivity (Wildman–Crippen MR) is 90.2 cm³/mol. The second-order valence-corrected chi connectivity index (χ2v) is 6.13. The van der Waals surface area contributed by atoms with Gasteiger partial charge in [0.25, 0.3) is 0 Å². The molecule has 1 fully saturated rings. The highest BCUT2D eigenvalue weighted by Crippen LogP contribution is 2.32. The Morgan fingerprint density at radius 2 is 1.75 bits per heavy atom. The molecule has 0 atom stereocenters. The SMILES string of the molecule is OCc1ccc(N2CCN(Cc3ccc4c(c3)OCO4)CC2)nc1. The molecule has 4 rings (SSSR count). The van der Waals surface area contributed by atoms with Gasteiger partial charge >= 0.3 is 0 Å². The van der Waals surface area contributed by atoms with Gasteiger partial charge in [-0.25, -0.2) is 4.98 Å². The highest BCUT2D eigenvalue weighted by Gasteiger charge is 2.19. The first kappa shape index (κ1) is 15.2. The van der Waals surface area contributed by atoms with Crippen molar-refractivity contribution in [1.29, 1.82) is 0 Å². The predicted octanol–water partition coefficient (Wildman–Crippen LogP) is 1.62. The van der Waals surface area contributed by atoms with Crippen LogP contribution in [-0.4, -0.2) is 48.0 Å². The number of piperazine rings is 1. The summed E-state index contributed by atoms with van der Waals surface area (Å²) >= 11 is 0. The number of fused-ring (bicyclic) bond motifs is 1. The number of aromatic nitrogens is 1. The number of aliphatic hydroxyl groups is 1. The molecule has 1 aromatic carbocycles. The standard InChI is InChI=1S/C18H21N3O3/c22-12-15-2-4-18(19-10-15)21-7-5-20(6-8-21)11-14-1-3-16-17(9-14)24-13-23-16/h1-4,9-10,22H,5-8,11-13H2. The average molecular weight is 327 g/mol. The van der Waals surface area contributed by atoms with Crippen molar-refractivity contribution in [1.82, 2.24) is 9.88 Å². The molecule has 1 aromatic heterocycles. The summed E-state index contributed by atoms with van der Waals surface area (Å²) in [4.78, 5) is 9.17. The first-order valence-corrected chi connectivity index (χ1v) is 8.23. The van der Waals surface area contributed by atoms with Crippen LogP contribution in [0.15, 0.2) is 36.5 Å². The molecular weight excluding hydrogens is 306 g/mol. The molecule has 0 saturated carbocycles. The number of hydrogen-bond donors (Lipinski definition) is 1. The zero-order chi connectivity index (χ0) is 16.4. The fourth-order valence-electron chi connectivity index (χ4n) is 3.13. The summed E-state index contributed by atoms with van der Waals surface area (Å²) in [6.07, 6.45) is 1.74. The molecule has 6 nitrogen and oxygen atoms in total. The van der Waals surface area contributed by atoms with E-state index in [1.165, 1.54) is 5.56 Å². The van der Waals surface area contributed by atoms with E-state index in [2.05, 4.69) is 26.9 Å². The van der Waals surface area contributed by atoms with Crippen molar-refractivity contribution in [2.24, 2.45) is 0 Å². The van der Waals surface area contributed by atoms with E-state index >= 15 is 0 Å². The quantitative estimate of drug-likeness (QED) is 0.921. The number of ether oxygens (including phenoxy) is 2. The molecule has 2 aliphatic rings. The van der Waals surface area contributed by atoms with Gasteiger partial charge in [0, 0.05) is 38.9 Å². The third-order valence-corrected chi connectivity index (χ3v) is 4.53. The Hall–Kier alpha value is -2.31. The Bertz CT molecular complexity index is 697. The van der Waals surface area contributed by atoms with Crippen LogP contribution in [0.5, 0.6) is 11.5 Å². The number of hydrogen-bond acceptors (Lipinski definition) is 6. The Morgan fingerprint density at radius 1 is 0.958 bits per heavy atom. The summed E-state index contributed by atoms with van der Waals surface area (Å²) in [6, 6.07) is 10.1. The lowest BCUT2D eigenvalue weighted by Crippen LogP contribution is -2.46. The summed E-state index contributed by atoms with van der Waals surface area (Å²) in [5.41, 5.74) is 2.10. The summed E-state index contributed by atoms with van der Waals surface area (Å²) < 4.78 is 10.8. The summed E-state index contributed by atoms with van der Waals surface area (Å²) in [5, 5.41) is 9.10. The first-order chi connectivity index (χ1) is 11.8. The Balaban J connectivity index is 1.34. The molecule has 2 aromatic rings. The van der Waals surface area contributed by atoms with Gasteiger partial charge in [0.15, 0.2) is 11.5 Å². The van der Waals surface area contributed by atoms with E-state index in [-0.39, 0.29) is 6.61 Å². The zero-order valence-electron chi connectivity index (χ0n) is 13.5. The van der Waals surface area contributed by atoms with Crippen LogP contribution in [0.4, 0.5) is 5.82 Å². The van der Waals surface area contributed by atoms with E-state index in [0.717, 1.165) is 55.6 Å². The number of aliphatic hydroxyl groups excluding tert-OH is 1. The minimum Gasteiger partial charge on any atom is -0.454 e. The molecular formula is C18H21N3O3. The average Bonchev–Trinajstić information content (AvgIpc) is 3.10. The minimum atomic E-state index is 0.0383. The fraction of sp³-hybridized carbons (Fsp3) is 0.389. The molecule has 2 aliphatic heterocycles. The molecule has 0 aliphatic carbocycles. The highest BCUT2D eigenvalue weighted by molar-refractivity contribution is 5.44. The molecule has 0 amide bonds. The minimum absolute atomic E-state index is 0.0383. The number of pyridine rings is 1. The van der Waals surface area contributed by atoms with E-state index in [1.54, 1.807) is 6.20 Å². The smallest absolute Gasteiger partial charge is 0.231 e. The fourth-order valence-corrected chi connectivity index (χ4v) is 3.13. The number of benzene rings is 1. The van der Waals surface area contributed by atoms with Crippen molar-refractivity contribution < 1.29 is 14.6 Å². The van der Waals surface area contributed by atoms with Crippen molar-refractivity contribution in [2.45, 2.75) is 13.2 Å². The van der Waals surface area contributed by atoms with Crippen LogP contribution >= 0.6 is 0 Å². The molecule has 126 valence electrons. The molecule has 0 unspecified atom stereocenters. The molecule has 0 spiro atoms. The van der Waals surface area contributed by atoms with Crippen LogP contribution in [0.3, 0.4) is 0 Å². The summed E-state index contributed by atoms with van der Waals surface area (Å²) in [5.74, 6) is 2.66. The second-order valence-electron chi connectivity index (χ2n) is 6.13. The van der Waals surface area contributed by atoms with Gasteiger partial charge in [-0.1, -0.05) is 12.1 Å². The van der Waals surface area contributed by atoms with Crippen LogP contribution in [-0.2, 0) is 13.2 Å². The number of nitrogens with zero attached hydrogens (tertiary/aromatic N) is 3. The maximum absolute atomic E-state index is 9.10. The van der Waals surface area contributed by atoms with Crippen LogP contribution in [0, 0.1) is 0 Å². The summed E-state index contributed by atoms with van der Waals surface area (Å²) in [6.45, 7) is 5.18. The van der Waals surface area contributed by atoms with Gasteiger partial charge in [0.2, 0.25) is 6.79 Å². The van der Waals surface area contributed by atoms with Crippen LogP contribution in [0.2, 0.25) is 0 Å². The van der Waals surface area contributed by atoms with E-state index in [9.17, 15) is 0 Å². The Labute approximate surface area is 141 Å². The van der Waals surface area contributed by atoms with Gasteiger partial charge in [-0.15, -0.1) is 0 Å². The van der Waals surface area contributed by atoms with Gasteiger partial charge in [-0.2, -0.15) is 0 Å². The Morgan fingerprint density at radius 3 is 2.50 bits per heavy atom. The third kappa shape index (κ3) is 3.16. The maximum atomic E-state index is 9.10. The molecule has 3 heterocycles. The van der Waals surface area contributed by atoms with Gasteiger partial charge < -0.3 is 19.5 Å². The molecule has 1 saturated heterocycles. The lowest BCUT2D eigenvalue weighted by Gasteiger charge is -2.35. The van der Waals surface area contributed by atoms with E-state index < -0.39 is 0 Å². The molecule has 6 heteroatoms.